The van der Waals surface area contributed by atoms with Crippen LogP contribution in [-0.2, 0) is 10.0 Å². The lowest BCUT2D eigenvalue weighted by atomic mass is 10.2. The molecule has 33 heavy (non-hydrogen) atoms. The number of aromatic nitrogens is 2. The standard InChI is InChI=1S/C23H32N6O3S/c1-17(2)6-7-18-15-24-21-20(27-10-12-28(13-11-27)22(30)26(4)5)14-19(16-29(18)21)33(31,32)25-23(3)8-9-23/h14-17,25H,8-13H2,1-5H3. The molecule has 0 atom stereocenters. The normalized spacial score (nSPS) is 17.8. The average molecular weight is 473 g/mol. The molecule has 2 fully saturated rings. The summed E-state index contributed by atoms with van der Waals surface area (Å²) in [7, 11) is -0.234. The summed E-state index contributed by atoms with van der Waals surface area (Å²) in [6.45, 7) is 8.21. The maximum Gasteiger partial charge on any atom is 0.319 e. The molecule has 1 saturated heterocycles. The van der Waals surface area contributed by atoms with E-state index in [9.17, 15) is 13.2 Å². The molecular formula is C23H32N6O3S. The van der Waals surface area contributed by atoms with Crippen LogP contribution < -0.4 is 9.62 Å². The zero-order valence-corrected chi connectivity index (χ0v) is 20.7. The zero-order chi connectivity index (χ0) is 24.0. The lowest BCUT2D eigenvalue weighted by Gasteiger charge is -2.37. The van der Waals surface area contributed by atoms with Gasteiger partial charge in [0.15, 0.2) is 5.65 Å². The quantitative estimate of drug-likeness (QED) is 0.688. The van der Waals surface area contributed by atoms with Crippen molar-refractivity contribution in [2.24, 2.45) is 5.92 Å². The SMILES string of the molecule is CC(C)C#Cc1cnc2c(N3CCN(C(=O)N(C)C)CC3)cc(S(=O)(=O)NC3(C)CC3)cn12. The summed E-state index contributed by atoms with van der Waals surface area (Å²) >= 11 is 0. The lowest BCUT2D eigenvalue weighted by molar-refractivity contribution is 0.168. The van der Waals surface area contributed by atoms with E-state index in [1.54, 1.807) is 46.8 Å². The summed E-state index contributed by atoms with van der Waals surface area (Å²) < 4.78 is 31.1. The van der Waals surface area contributed by atoms with Crippen molar-refractivity contribution in [3.05, 3.63) is 24.2 Å². The molecule has 3 heterocycles. The largest absolute Gasteiger partial charge is 0.365 e. The maximum atomic E-state index is 13.2. The summed E-state index contributed by atoms with van der Waals surface area (Å²) in [5.74, 6) is 6.45. The fourth-order valence-electron chi connectivity index (χ4n) is 3.83. The highest BCUT2D eigenvalue weighted by molar-refractivity contribution is 7.89. The Labute approximate surface area is 195 Å². The Morgan fingerprint density at radius 2 is 1.88 bits per heavy atom. The second-order valence-corrected chi connectivity index (χ2v) is 11.3. The number of amides is 2. The van der Waals surface area contributed by atoms with Gasteiger partial charge < -0.3 is 14.7 Å². The first-order valence-electron chi connectivity index (χ1n) is 11.3. The predicted octanol–water partition coefficient (Wildman–Crippen LogP) is 1.98. The van der Waals surface area contributed by atoms with Gasteiger partial charge in [0, 0.05) is 57.9 Å². The third-order valence-corrected chi connectivity index (χ3v) is 7.62. The van der Waals surface area contributed by atoms with E-state index in [-0.39, 0.29) is 22.4 Å². The van der Waals surface area contributed by atoms with E-state index in [2.05, 4.69) is 26.4 Å². The Morgan fingerprint density at radius 3 is 2.45 bits per heavy atom. The van der Waals surface area contributed by atoms with E-state index in [4.69, 9.17) is 0 Å². The number of carbonyl (C=O) groups is 1. The molecule has 0 spiro atoms. The Morgan fingerprint density at radius 1 is 1.21 bits per heavy atom. The lowest BCUT2D eigenvalue weighted by Crippen LogP contribution is -2.51. The third-order valence-electron chi connectivity index (χ3n) is 6.01. The Balaban J connectivity index is 1.74. The summed E-state index contributed by atoms with van der Waals surface area (Å²) in [6.07, 6.45) is 4.96. The van der Waals surface area contributed by atoms with Crippen LogP contribution in [0.15, 0.2) is 23.4 Å². The molecule has 9 nitrogen and oxygen atoms in total. The zero-order valence-electron chi connectivity index (χ0n) is 19.9. The molecule has 0 bridgehead atoms. The van der Waals surface area contributed by atoms with Crippen LogP contribution in [0.5, 0.6) is 0 Å². The Kier molecular flexibility index (Phi) is 6.05. The summed E-state index contributed by atoms with van der Waals surface area (Å²) in [4.78, 5) is 22.6. The van der Waals surface area contributed by atoms with Crippen molar-refractivity contribution in [1.82, 2.24) is 23.9 Å². The highest BCUT2D eigenvalue weighted by Crippen LogP contribution is 2.36. The molecule has 1 N–H and O–H groups in total. The van der Waals surface area contributed by atoms with Gasteiger partial charge in [-0.05, 0) is 31.8 Å². The molecule has 2 amide bonds. The number of nitrogens with zero attached hydrogens (tertiary/aromatic N) is 5. The first-order chi connectivity index (χ1) is 15.5. The van der Waals surface area contributed by atoms with E-state index in [0.717, 1.165) is 18.5 Å². The molecule has 1 aliphatic heterocycles. The fraction of sp³-hybridized carbons (Fsp3) is 0.565. The molecule has 2 aromatic heterocycles. The number of imidazole rings is 1. The van der Waals surface area contributed by atoms with E-state index in [1.165, 1.54) is 0 Å². The highest BCUT2D eigenvalue weighted by Gasteiger charge is 2.41. The van der Waals surface area contributed by atoms with E-state index in [0.29, 0.717) is 37.5 Å². The van der Waals surface area contributed by atoms with Gasteiger partial charge in [-0.2, -0.15) is 0 Å². The minimum Gasteiger partial charge on any atom is -0.365 e. The number of carbonyl (C=O) groups excluding carboxylic acids is 1. The number of fused-ring (bicyclic) bond motifs is 1. The van der Waals surface area contributed by atoms with Crippen LogP contribution in [0.4, 0.5) is 10.5 Å². The number of urea groups is 1. The van der Waals surface area contributed by atoms with Gasteiger partial charge in [0.25, 0.3) is 0 Å². The van der Waals surface area contributed by atoms with Crippen molar-refractivity contribution in [2.45, 2.75) is 44.0 Å². The van der Waals surface area contributed by atoms with Crippen LogP contribution >= 0.6 is 0 Å². The van der Waals surface area contributed by atoms with Gasteiger partial charge in [0.05, 0.1) is 11.9 Å². The number of sulfonamides is 1. The molecule has 2 aromatic rings. The van der Waals surface area contributed by atoms with E-state index in [1.807, 2.05) is 20.8 Å². The number of rotatable bonds is 4. The van der Waals surface area contributed by atoms with Gasteiger partial charge in [-0.15, -0.1) is 0 Å². The highest BCUT2D eigenvalue weighted by atomic mass is 32.2. The number of hydrogen-bond donors (Lipinski definition) is 1. The Hall–Kier alpha value is -2.77. The topological polar surface area (TPSA) is 90.3 Å². The molecule has 2 aliphatic rings. The van der Waals surface area contributed by atoms with Crippen LogP contribution in [0.2, 0.25) is 0 Å². The van der Waals surface area contributed by atoms with Crippen LogP contribution in [0.1, 0.15) is 39.3 Å². The second kappa shape index (κ2) is 8.54. The van der Waals surface area contributed by atoms with Crippen LogP contribution in [0, 0.1) is 17.8 Å². The fourth-order valence-corrected chi connectivity index (χ4v) is 5.31. The van der Waals surface area contributed by atoms with Gasteiger partial charge in [-0.3, -0.25) is 4.40 Å². The number of anilines is 1. The maximum absolute atomic E-state index is 13.2. The molecule has 4 rings (SSSR count). The predicted molar refractivity (Wildman–Crippen MR) is 128 cm³/mol. The summed E-state index contributed by atoms with van der Waals surface area (Å²) in [6, 6.07) is 1.67. The van der Waals surface area contributed by atoms with Gasteiger partial charge in [-0.25, -0.2) is 22.9 Å². The number of piperazine rings is 1. The molecule has 1 aliphatic carbocycles. The molecule has 0 aromatic carbocycles. The van der Waals surface area contributed by atoms with Gasteiger partial charge in [-0.1, -0.05) is 19.8 Å². The van der Waals surface area contributed by atoms with Crippen LogP contribution in [-0.4, -0.2) is 79.4 Å². The number of nitrogens with one attached hydrogen (secondary N) is 1. The van der Waals surface area contributed by atoms with Crippen LogP contribution in [0.25, 0.3) is 5.65 Å². The number of pyridine rings is 1. The first kappa shape index (κ1) is 23.4. The van der Waals surface area contributed by atoms with Crippen molar-refractivity contribution in [1.29, 1.82) is 0 Å². The smallest absolute Gasteiger partial charge is 0.319 e. The van der Waals surface area contributed by atoms with E-state index >= 15 is 0 Å². The molecular weight excluding hydrogens is 440 g/mol. The minimum atomic E-state index is -3.71. The molecule has 0 unspecified atom stereocenters. The minimum absolute atomic E-state index is 0.0231. The van der Waals surface area contributed by atoms with E-state index < -0.39 is 10.0 Å². The first-order valence-corrected chi connectivity index (χ1v) is 12.8. The van der Waals surface area contributed by atoms with Crippen molar-refractivity contribution in [3.63, 3.8) is 0 Å². The second-order valence-electron chi connectivity index (χ2n) is 9.64. The summed E-state index contributed by atoms with van der Waals surface area (Å²) in [5.41, 5.74) is 1.66. The van der Waals surface area contributed by atoms with Crippen molar-refractivity contribution in [2.75, 3.05) is 45.2 Å². The monoisotopic (exact) mass is 472 g/mol. The molecule has 178 valence electrons. The molecule has 10 heteroatoms. The third kappa shape index (κ3) is 4.94. The van der Waals surface area contributed by atoms with Crippen molar-refractivity contribution in [3.8, 4) is 11.8 Å². The van der Waals surface area contributed by atoms with Gasteiger partial charge >= 0.3 is 6.03 Å². The molecule has 1 saturated carbocycles. The van der Waals surface area contributed by atoms with Crippen molar-refractivity contribution < 1.29 is 13.2 Å². The Bertz CT molecular complexity index is 1230. The van der Waals surface area contributed by atoms with Crippen molar-refractivity contribution >= 4 is 27.4 Å². The average Bonchev–Trinajstić information content (AvgIpc) is 3.32. The molecule has 0 radical (unpaired) electrons. The summed E-state index contributed by atoms with van der Waals surface area (Å²) in [5, 5.41) is 0. The van der Waals surface area contributed by atoms with Crippen LogP contribution in [0.3, 0.4) is 0 Å². The van der Waals surface area contributed by atoms with Gasteiger partial charge in [0.1, 0.15) is 10.6 Å². The van der Waals surface area contributed by atoms with Gasteiger partial charge in [0.2, 0.25) is 10.0 Å². The number of hydrogen-bond acceptors (Lipinski definition) is 5.